The summed E-state index contributed by atoms with van der Waals surface area (Å²) in [5, 5.41) is 6.22. The summed E-state index contributed by atoms with van der Waals surface area (Å²) in [6.45, 7) is 2.00. The highest BCUT2D eigenvalue weighted by molar-refractivity contribution is 6.34. The number of methoxy groups -OCH3 is 1. The minimum absolute atomic E-state index is 0.206. The van der Waals surface area contributed by atoms with Gasteiger partial charge in [0, 0.05) is 17.6 Å². The summed E-state index contributed by atoms with van der Waals surface area (Å²) < 4.78 is 4.69. The maximum Gasteiger partial charge on any atom is 0.337 e. The van der Waals surface area contributed by atoms with E-state index in [4.69, 9.17) is 11.6 Å². The summed E-state index contributed by atoms with van der Waals surface area (Å²) in [5.74, 6) is -0.966. The number of amides is 1. The number of benzene rings is 2. The number of carbonyl (C=O) groups is 2. The van der Waals surface area contributed by atoms with Crippen molar-refractivity contribution in [1.29, 1.82) is 0 Å². The second-order valence-electron chi connectivity index (χ2n) is 6.06. The van der Waals surface area contributed by atoms with E-state index in [0.717, 1.165) is 16.9 Å². The van der Waals surface area contributed by atoms with Gasteiger partial charge in [-0.3, -0.25) is 9.78 Å². The van der Waals surface area contributed by atoms with Crippen molar-refractivity contribution in [3.05, 3.63) is 82.6 Å². The molecule has 0 saturated heterocycles. The van der Waals surface area contributed by atoms with E-state index in [1.165, 1.54) is 25.3 Å². The second kappa shape index (κ2) is 8.54. The van der Waals surface area contributed by atoms with E-state index in [2.05, 4.69) is 20.4 Å². The second-order valence-corrected chi connectivity index (χ2v) is 6.47. The summed E-state index contributed by atoms with van der Waals surface area (Å²) in [6, 6.07) is 15.8. The summed E-state index contributed by atoms with van der Waals surface area (Å²) >= 11 is 6.13. The fourth-order valence-electron chi connectivity index (χ4n) is 2.57. The van der Waals surface area contributed by atoms with Crippen LogP contribution in [0.5, 0.6) is 0 Å². The molecule has 0 bridgehead atoms. The first kappa shape index (κ1) is 19.4. The number of nitrogens with one attached hydrogen (secondary N) is 2. The molecule has 1 aromatic heterocycles. The van der Waals surface area contributed by atoms with Crippen molar-refractivity contribution in [1.82, 2.24) is 4.98 Å². The van der Waals surface area contributed by atoms with Crippen LogP contribution in [-0.4, -0.2) is 24.0 Å². The molecule has 2 aromatic carbocycles. The third kappa shape index (κ3) is 4.66. The third-order valence-corrected chi connectivity index (χ3v) is 4.26. The SMILES string of the molecule is COC(=O)c1ccc(Cl)c(NC(=O)c2cc(Nc3cccc(C)c3)ccn2)c1. The Hall–Kier alpha value is -3.38. The van der Waals surface area contributed by atoms with Gasteiger partial charge in [-0.25, -0.2) is 4.79 Å². The number of halogens is 1. The van der Waals surface area contributed by atoms with Crippen molar-refractivity contribution in [2.24, 2.45) is 0 Å². The number of hydrogen-bond acceptors (Lipinski definition) is 5. The molecule has 0 spiro atoms. The monoisotopic (exact) mass is 395 g/mol. The Bertz CT molecular complexity index is 1040. The minimum atomic E-state index is -0.519. The van der Waals surface area contributed by atoms with E-state index in [1.807, 2.05) is 31.2 Å². The zero-order chi connectivity index (χ0) is 20.1. The normalized spacial score (nSPS) is 10.2. The molecule has 1 amide bonds. The van der Waals surface area contributed by atoms with Gasteiger partial charge in [-0.2, -0.15) is 0 Å². The number of aryl methyl sites for hydroxylation is 1. The molecule has 0 aliphatic rings. The number of hydrogen-bond donors (Lipinski definition) is 2. The average molecular weight is 396 g/mol. The Morgan fingerprint density at radius 3 is 2.57 bits per heavy atom. The quantitative estimate of drug-likeness (QED) is 0.605. The zero-order valence-electron chi connectivity index (χ0n) is 15.3. The molecule has 7 heteroatoms. The van der Waals surface area contributed by atoms with Crippen LogP contribution in [0, 0.1) is 6.92 Å². The Balaban J connectivity index is 1.79. The van der Waals surface area contributed by atoms with Crippen LogP contribution in [0.3, 0.4) is 0 Å². The van der Waals surface area contributed by atoms with Gasteiger partial charge < -0.3 is 15.4 Å². The zero-order valence-corrected chi connectivity index (χ0v) is 16.1. The van der Waals surface area contributed by atoms with Crippen LogP contribution in [0.15, 0.2) is 60.8 Å². The topological polar surface area (TPSA) is 80.3 Å². The van der Waals surface area contributed by atoms with Gasteiger partial charge in [-0.1, -0.05) is 23.7 Å². The van der Waals surface area contributed by atoms with Gasteiger partial charge in [0.05, 0.1) is 23.4 Å². The largest absolute Gasteiger partial charge is 0.465 e. The van der Waals surface area contributed by atoms with Gasteiger partial charge in [0.2, 0.25) is 0 Å². The number of aromatic nitrogens is 1. The number of carbonyl (C=O) groups excluding carboxylic acids is 2. The highest BCUT2D eigenvalue weighted by Crippen LogP contribution is 2.24. The van der Waals surface area contributed by atoms with E-state index in [9.17, 15) is 9.59 Å². The van der Waals surface area contributed by atoms with E-state index in [1.54, 1.807) is 18.3 Å². The van der Waals surface area contributed by atoms with Gasteiger partial charge in [0.25, 0.3) is 5.91 Å². The summed E-state index contributed by atoms with van der Waals surface area (Å²) in [6.07, 6.45) is 1.54. The highest BCUT2D eigenvalue weighted by Gasteiger charge is 2.14. The van der Waals surface area contributed by atoms with Crippen molar-refractivity contribution >= 4 is 40.5 Å². The Morgan fingerprint density at radius 2 is 1.82 bits per heavy atom. The van der Waals surface area contributed by atoms with Gasteiger partial charge in [0.1, 0.15) is 5.69 Å². The molecule has 0 unspecified atom stereocenters. The molecule has 0 aliphatic heterocycles. The van der Waals surface area contributed by atoms with Gasteiger partial charge in [-0.15, -0.1) is 0 Å². The first-order chi connectivity index (χ1) is 13.5. The van der Waals surface area contributed by atoms with Crippen molar-refractivity contribution in [3.8, 4) is 0 Å². The van der Waals surface area contributed by atoms with Crippen LogP contribution in [0.25, 0.3) is 0 Å². The van der Waals surface area contributed by atoms with Gasteiger partial charge >= 0.3 is 5.97 Å². The molecule has 6 nitrogen and oxygen atoms in total. The molecule has 0 saturated carbocycles. The first-order valence-electron chi connectivity index (χ1n) is 8.45. The molecule has 3 aromatic rings. The van der Waals surface area contributed by atoms with Crippen molar-refractivity contribution in [2.45, 2.75) is 6.92 Å². The molecular weight excluding hydrogens is 378 g/mol. The number of nitrogens with zero attached hydrogens (tertiary/aromatic N) is 1. The summed E-state index contributed by atoms with van der Waals surface area (Å²) in [5.41, 5.74) is 3.54. The van der Waals surface area contributed by atoms with Crippen LogP contribution in [0.1, 0.15) is 26.4 Å². The van der Waals surface area contributed by atoms with E-state index in [-0.39, 0.29) is 11.3 Å². The molecule has 28 heavy (non-hydrogen) atoms. The maximum absolute atomic E-state index is 12.6. The summed E-state index contributed by atoms with van der Waals surface area (Å²) in [7, 11) is 1.28. The number of rotatable bonds is 5. The molecule has 2 N–H and O–H groups in total. The maximum atomic E-state index is 12.6. The molecule has 0 fully saturated rings. The molecule has 0 aliphatic carbocycles. The standard InChI is InChI=1S/C21H18ClN3O3/c1-13-4-3-5-15(10-13)24-16-8-9-23-19(12-16)20(26)25-18-11-14(21(27)28-2)6-7-17(18)22/h3-12H,1-2H3,(H,23,24)(H,25,26). The lowest BCUT2D eigenvalue weighted by molar-refractivity contribution is 0.0600. The van der Waals surface area contributed by atoms with E-state index in [0.29, 0.717) is 10.7 Å². The number of esters is 1. The fraction of sp³-hybridized carbons (Fsp3) is 0.0952. The molecule has 0 atom stereocenters. The lowest BCUT2D eigenvalue weighted by Gasteiger charge is -2.10. The Kier molecular flexibility index (Phi) is 5.91. The smallest absolute Gasteiger partial charge is 0.337 e. The molecule has 1 heterocycles. The number of anilines is 3. The van der Waals surface area contributed by atoms with Crippen molar-refractivity contribution in [2.75, 3.05) is 17.7 Å². The lowest BCUT2D eigenvalue weighted by atomic mass is 10.2. The van der Waals surface area contributed by atoms with E-state index < -0.39 is 11.9 Å². The third-order valence-electron chi connectivity index (χ3n) is 3.93. The van der Waals surface area contributed by atoms with Crippen LogP contribution < -0.4 is 10.6 Å². The number of pyridine rings is 1. The fourth-order valence-corrected chi connectivity index (χ4v) is 2.74. The van der Waals surface area contributed by atoms with Crippen LogP contribution in [-0.2, 0) is 4.74 Å². The van der Waals surface area contributed by atoms with Crippen molar-refractivity contribution < 1.29 is 14.3 Å². The van der Waals surface area contributed by atoms with E-state index >= 15 is 0 Å². The minimum Gasteiger partial charge on any atom is -0.465 e. The summed E-state index contributed by atoms with van der Waals surface area (Å²) in [4.78, 5) is 28.4. The molecular formula is C21H18ClN3O3. The predicted molar refractivity (Wildman–Crippen MR) is 109 cm³/mol. The van der Waals surface area contributed by atoms with Crippen molar-refractivity contribution in [3.63, 3.8) is 0 Å². The molecule has 3 rings (SSSR count). The molecule has 142 valence electrons. The van der Waals surface area contributed by atoms with Crippen LogP contribution in [0.2, 0.25) is 5.02 Å². The van der Waals surface area contributed by atoms with Gasteiger partial charge in [0.15, 0.2) is 0 Å². The average Bonchev–Trinajstić information content (AvgIpc) is 2.69. The van der Waals surface area contributed by atoms with Crippen LogP contribution >= 0.6 is 11.6 Å². The number of ether oxygens (including phenoxy) is 1. The highest BCUT2D eigenvalue weighted by atomic mass is 35.5. The first-order valence-corrected chi connectivity index (χ1v) is 8.83. The van der Waals surface area contributed by atoms with Crippen LogP contribution in [0.4, 0.5) is 17.1 Å². The molecule has 0 radical (unpaired) electrons. The lowest BCUT2D eigenvalue weighted by Crippen LogP contribution is -2.15. The Labute approximate surface area is 167 Å². The van der Waals surface area contributed by atoms with Gasteiger partial charge in [-0.05, 0) is 55.0 Å². The predicted octanol–water partition coefficient (Wildman–Crippen LogP) is 4.83. The Morgan fingerprint density at radius 1 is 1.04 bits per heavy atom.